The number of benzene rings is 1. The molecule has 1 N–H and O–H groups in total. The van der Waals surface area contributed by atoms with Crippen LogP contribution < -0.4 is 4.90 Å². The van der Waals surface area contributed by atoms with Crippen molar-refractivity contribution in [3.63, 3.8) is 0 Å². The van der Waals surface area contributed by atoms with E-state index in [1.54, 1.807) is 23.1 Å². The third-order valence-electron chi connectivity index (χ3n) is 3.35. The number of amides is 1. The van der Waals surface area contributed by atoms with Gasteiger partial charge < -0.3 is 19.6 Å². The Hall–Kier alpha value is -2.24. The van der Waals surface area contributed by atoms with Crippen LogP contribution in [-0.2, 0) is 14.3 Å². The molecule has 0 aliphatic carbocycles. The summed E-state index contributed by atoms with van der Waals surface area (Å²) in [5.74, 6) is -0.482. The molecule has 0 radical (unpaired) electrons. The molecular weight excluding hydrogens is 260 g/mol. The highest BCUT2D eigenvalue weighted by atomic mass is 16.5. The zero-order valence-electron chi connectivity index (χ0n) is 11.4. The van der Waals surface area contributed by atoms with Crippen molar-refractivity contribution in [3.8, 4) is 5.75 Å². The van der Waals surface area contributed by atoms with Crippen LogP contribution >= 0.6 is 0 Å². The molecule has 6 heteroatoms. The van der Waals surface area contributed by atoms with Crippen molar-refractivity contribution in [2.45, 2.75) is 6.42 Å². The molecule has 1 aliphatic heterocycles. The number of phenolic OH excluding ortho intramolecular Hbond substituents is 1. The number of carbonyl (C=O) groups is 2. The third-order valence-corrected chi connectivity index (χ3v) is 3.35. The molecule has 1 amide bonds. The highest BCUT2D eigenvalue weighted by molar-refractivity contribution is 5.94. The van der Waals surface area contributed by atoms with Crippen molar-refractivity contribution in [2.75, 3.05) is 38.2 Å². The van der Waals surface area contributed by atoms with E-state index in [4.69, 9.17) is 0 Å². The van der Waals surface area contributed by atoms with E-state index in [2.05, 4.69) is 9.64 Å². The summed E-state index contributed by atoms with van der Waals surface area (Å²) < 4.78 is 4.49. The second-order valence-electron chi connectivity index (χ2n) is 4.64. The summed E-state index contributed by atoms with van der Waals surface area (Å²) in [7, 11) is 1.27. The number of aromatic hydroxyl groups is 1. The van der Waals surface area contributed by atoms with Gasteiger partial charge in [-0.25, -0.2) is 0 Å². The number of nitrogens with zero attached hydrogens (tertiary/aromatic N) is 2. The van der Waals surface area contributed by atoms with Gasteiger partial charge in [0, 0.05) is 37.9 Å². The number of carbonyl (C=O) groups excluding carboxylic acids is 2. The van der Waals surface area contributed by atoms with Crippen LogP contribution in [0.2, 0.25) is 0 Å². The molecule has 1 heterocycles. The van der Waals surface area contributed by atoms with Crippen LogP contribution in [0.15, 0.2) is 24.3 Å². The summed E-state index contributed by atoms with van der Waals surface area (Å²) in [6.45, 7) is 2.48. The van der Waals surface area contributed by atoms with Gasteiger partial charge >= 0.3 is 5.97 Å². The van der Waals surface area contributed by atoms with Crippen LogP contribution in [0.3, 0.4) is 0 Å². The van der Waals surface area contributed by atoms with Crippen molar-refractivity contribution < 1.29 is 19.4 Å². The second kappa shape index (κ2) is 6.27. The van der Waals surface area contributed by atoms with Gasteiger partial charge in [0.1, 0.15) is 12.2 Å². The first-order valence-corrected chi connectivity index (χ1v) is 6.48. The van der Waals surface area contributed by atoms with Crippen LogP contribution in [-0.4, -0.2) is 55.2 Å². The number of anilines is 1. The second-order valence-corrected chi connectivity index (χ2v) is 4.64. The van der Waals surface area contributed by atoms with Crippen molar-refractivity contribution in [1.82, 2.24) is 4.90 Å². The monoisotopic (exact) mass is 278 g/mol. The Labute approximate surface area is 117 Å². The highest BCUT2D eigenvalue weighted by Crippen LogP contribution is 2.21. The van der Waals surface area contributed by atoms with Crippen LogP contribution in [0.5, 0.6) is 5.75 Å². The molecule has 0 spiro atoms. The number of methoxy groups -OCH3 is 1. The Bertz CT molecular complexity index is 496. The first-order chi connectivity index (χ1) is 9.60. The smallest absolute Gasteiger partial charge is 0.315 e. The molecule has 1 aromatic rings. The minimum absolute atomic E-state index is 0.201. The molecule has 0 atom stereocenters. The molecule has 1 fully saturated rings. The Balaban J connectivity index is 1.89. The zero-order chi connectivity index (χ0) is 14.5. The quantitative estimate of drug-likeness (QED) is 0.648. The van der Waals surface area contributed by atoms with Gasteiger partial charge in [0.15, 0.2) is 0 Å². The standard InChI is InChI=1S/C14H18N2O4/c1-20-14(19)10-13(18)16-7-5-15(6-8-16)11-3-2-4-12(17)9-11/h2-4,9,17H,5-8,10H2,1H3. The van der Waals surface area contributed by atoms with Gasteiger partial charge in [0.25, 0.3) is 0 Å². The lowest BCUT2D eigenvalue weighted by molar-refractivity contribution is -0.146. The fourth-order valence-corrected chi connectivity index (χ4v) is 2.21. The number of hydrogen-bond donors (Lipinski definition) is 1. The number of rotatable bonds is 3. The molecule has 6 nitrogen and oxygen atoms in total. The molecule has 20 heavy (non-hydrogen) atoms. The maximum atomic E-state index is 11.8. The molecule has 1 saturated heterocycles. The summed E-state index contributed by atoms with van der Waals surface area (Å²) >= 11 is 0. The molecule has 0 aromatic heterocycles. The van der Waals surface area contributed by atoms with Crippen LogP contribution in [0.1, 0.15) is 6.42 Å². The SMILES string of the molecule is COC(=O)CC(=O)N1CCN(c2cccc(O)c2)CC1. The van der Waals surface area contributed by atoms with Gasteiger partial charge in [-0.3, -0.25) is 9.59 Å². The van der Waals surface area contributed by atoms with E-state index >= 15 is 0 Å². The van der Waals surface area contributed by atoms with Crippen LogP contribution in [0.25, 0.3) is 0 Å². The van der Waals surface area contributed by atoms with E-state index in [-0.39, 0.29) is 18.1 Å². The van der Waals surface area contributed by atoms with Crippen molar-refractivity contribution in [3.05, 3.63) is 24.3 Å². The van der Waals surface area contributed by atoms with E-state index in [1.165, 1.54) is 7.11 Å². The van der Waals surface area contributed by atoms with Crippen molar-refractivity contribution in [2.24, 2.45) is 0 Å². The van der Waals surface area contributed by atoms with Gasteiger partial charge in [0.2, 0.25) is 5.91 Å². The van der Waals surface area contributed by atoms with Gasteiger partial charge in [-0.1, -0.05) is 6.07 Å². The number of esters is 1. The average Bonchev–Trinajstić information content (AvgIpc) is 2.47. The predicted molar refractivity (Wildman–Crippen MR) is 73.5 cm³/mol. The van der Waals surface area contributed by atoms with E-state index in [0.29, 0.717) is 26.2 Å². The fraction of sp³-hybridized carbons (Fsp3) is 0.429. The number of ether oxygens (including phenoxy) is 1. The Morgan fingerprint density at radius 1 is 1.25 bits per heavy atom. The van der Waals surface area contributed by atoms with Crippen LogP contribution in [0.4, 0.5) is 5.69 Å². The minimum Gasteiger partial charge on any atom is -0.508 e. The van der Waals surface area contributed by atoms with Crippen molar-refractivity contribution in [1.29, 1.82) is 0 Å². The summed E-state index contributed by atoms with van der Waals surface area (Å²) in [6.07, 6.45) is -0.206. The molecule has 2 rings (SSSR count). The topological polar surface area (TPSA) is 70.1 Å². The Kier molecular flexibility index (Phi) is 4.45. The lowest BCUT2D eigenvalue weighted by atomic mass is 10.2. The molecule has 0 unspecified atom stereocenters. The zero-order valence-corrected chi connectivity index (χ0v) is 11.4. The Morgan fingerprint density at radius 3 is 2.55 bits per heavy atom. The first-order valence-electron chi connectivity index (χ1n) is 6.48. The molecule has 1 aromatic carbocycles. The lowest BCUT2D eigenvalue weighted by Crippen LogP contribution is -2.49. The largest absolute Gasteiger partial charge is 0.508 e. The highest BCUT2D eigenvalue weighted by Gasteiger charge is 2.23. The molecule has 0 saturated carbocycles. The fourth-order valence-electron chi connectivity index (χ4n) is 2.21. The predicted octanol–water partition coefficient (Wildman–Crippen LogP) is 0.604. The van der Waals surface area contributed by atoms with Gasteiger partial charge in [-0.2, -0.15) is 0 Å². The Morgan fingerprint density at radius 2 is 1.95 bits per heavy atom. The van der Waals surface area contributed by atoms with Crippen LogP contribution in [0, 0.1) is 0 Å². The van der Waals surface area contributed by atoms with Crippen molar-refractivity contribution >= 4 is 17.6 Å². The lowest BCUT2D eigenvalue weighted by Gasteiger charge is -2.36. The van der Waals surface area contributed by atoms with Gasteiger partial charge in [0.05, 0.1) is 7.11 Å². The number of hydrogen-bond acceptors (Lipinski definition) is 5. The maximum absolute atomic E-state index is 11.8. The maximum Gasteiger partial charge on any atom is 0.315 e. The summed E-state index contributed by atoms with van der Waals surface area (Å²) in [6, 6.07) is 7.04. The first kappa shape index (κ1) is 14.2. The van der Waals surface area contributed by atoms with E-state index in [0.717, 1.165) is 5.69 Å². The molecular formula is C14H18N2O4. The molecule has 0 bridgehead atoms. The summed E-state index contributed by atoms with van der Waals surface area (Å²) in [5, 5.41) is 9.47. The van der Waals surface area contributed by atoms with Gasteiger partial charge in [-0.15, -0.1) is 0 Å². The van der Waals surface area contributed by atoms with E-state index in [1.807, 2.05) is 6.07 Å². The minimum atomic E-state index is -0.509. The number of phenols is 1. The molecule has 1 aliphatic rings. The number of piperazine rings is 1. The van der Waals surface area contributed by atoms with Gasteiger partial charge in [-0.05, 0) is 12.1 Å². The average molecular weight is 278 g/mol. The third kappa shape index (κ3) is 3.40. The summed E-state index contributed by atoms with van der Waals surface area (Å²) in [4.78, 5) is 26.7. The molecule has 108 valence electrons. The van der Waals surface area contributed by atoms with E-state index < -0.39 is 5.97 Å². The van der Waals surface area contributed by atoms with E-state index in [9.17, 15) is 14.7 Å². The summed E-state index contributed by atoms with van der Waals surface area (Å²) in [5.41, 5.74) is 0.935. The normalized spacial score (nSPS) is 15.1.